The predicted octanol–water partition coefficient (Wildman–Crippen LogP) is 4.30. The van der Waals surface area contributed by atoms with Gasteiger partial charge < -0.3 is 20.2 Å². The molecule has 0 radical (unpaired) electrons. The molecular formula is C22H24N4O. The summed E-state index contributed by atoms with van der Waals surface area (Å²) in [7, 11) is 3.63. The molecule has 5 heteroatoms. The molecular weight excluding hydrogens is 336 g/mol. The van der Waals surface area contributed by atoms with Gasteiger partial charge >= 0.3 is 0 Å². The van der Waals surface area contributed by atoms with Crippen LogP contribution in [0.4, 0.5) is 11.4 Å². The second-order valence-electron chi connectivity index (χ2n) is 6.32. The van der Waals surface area contributed by atoms with Crippen molar-refractivity contribution in [1.29, 1.82) is 0 Å². The Kier molecular flexibility index (Phi) is 5.31. The number of benzene rings is 1. The summed E-state index contributed by atoms with van der Waals surface area (Å²) in [6.45, 7) is 5.82. The summed E-state index contributed by atoms with van der Waals surface area (Å²) in [5.41, 5.74) is 5.17. The molecule has 2 aromatic heterocycles. The summed E-state index contributed by atoms with van der Waals surface area (Å²) in [4.78, 5) is 16.2. The summed E-state index contributed by atoms with van der Waals surface area (Å²) in [5.74, 6) is 0. The molecule has 3 N–H and O–H groups in total. The molecule has 5 nitrogen and oxygen atoms in total. The quantitative estimate of drug-likeness (QED) is 0.574. The van der Waals surface area contributed by atoms with Crippen LogP contribution in [0.2, 0.25) is 0 Å². The van der Waals surface area contributed by atoms with Crippen LogP contribution in [0.25, 0.3) is 16.5 Å². The average Bonchev–Trinajstić information content (AvgIpc) is 3.04. The molecule has 0 bridgehead atoms. The van der Waals surface area contributed by atoms with Crippen LogP contribution in [0, 0.1) is 0 Å². The number of hydrogen-bond acceptors (Lipinski definition) is 3. The van der Waals surface area contributed by atoms with E-state index in [9.17, 15) is 4.79 Å². The van der Waals surface area contributed by atoms with Gasteiger partial charge in [-0.3, -0.25) is 4.79 Å². The first-order chi connectivity index (χ1) is 13.0. The van der Waals surface area contributed by atoms with E-state index in [-0.39, 0.29) is 5.56 Å². The number of rotatable bonds is 6. The van der Waals surface area contributed by atoms with Crippen molar-refractivity contribution in [3.8, 4) is 0 Å². The van der Waals surface area contributed by atoms with E-state index in [0.717, 1.165) is 33.9 Å². The Bertz CT molecular complexity index is 1080. The first kappa shape index (κ1) is 18.3. The normalized spacial score (nSPS) is 12.3. The van der Waals surface area contributed by atoms with Crippen molar-refractivity contribution < 1.29 is 0 Å². The van der Waals surface area contributed by atoms with Crippen LogP contribution in [-0.4, -0.2) is 16.6 Å². The number of aromatic amines is 1. The van der Waals surface area contributed by atoms with E-state index in [0.29, 0.717) is 5.39 Å². The van der Waals surface area contributed by atoms with Crippen molar-refractivity contribution in [2.45, 2.75) is 6.92 Å². The van der Waals surface area contributed by atoms with E-state index in [1.165, 1.54) is 0 Å². The number of pyridine rings is 1. The number of aromatic nitrogens is 2. The minimum Gasteiger partial charge on any atom is -0.392 e. The van der Waals surface area contributed by atoms with Gasteiger partial charge in [0, 0.05) is 37.2 Å². The number of nitrogens with zero attached hydrogens (tertiary/aromatic N) is 1. The first-order valence-corrected chi connectivity index (χ1v) is 8.77. The lowest BCUT2D eigenvalue weighted by atomic mass is 10.1. The summed E-state index contributed by atoms with van der Waals surface area (Å²) >= 11 is 0. The number of hydrogen-bond donors (Lipinski definition) is 3. The molecule has 0 fully saturated rings. The summed E-state index contributed by atoms with van der Waals surface area (Å²) in [6, 6.07) is 11.7. The molecule has 0 aliphatic carbocycles. The Hall–Kier alpha value is -3.47. The van der Waals surface area contributed by atoms with Gasteiger partial charge in [0.25, 0.3) is 5.56 Å². The van der Waals surface area contributed by atoms with Crippen LogP contribution in [0.5, 0.6) is 0 Å². The third-order valence-electron chi connectivity index (χ3n) is 4.42. The fourth-order valence-corrected chi connectivity index (χ4v) is 2.94. The molecule has 138 valence electrons. The second kappa shape index (κ2) is 7.83. The number of allylic oxidation sites excluding steroid dienone is 5. The fraction of sp³-hybridized carbons (Fsp3) is 0.136. The topological polar surface area (TPSA) is 61.9 Å². The summed E-state index contributed by atoms with van der Waals surface area (Å²) in [6.07, 6.45) is 7.45. The van der Waals surface area contributed by atoms with Gasteiger partial charge in [0.1, 0.15) is 0 Å². The molecule has 0 amide bonds. The van der Waals surface area contributed by atoms with Gasteiger partial charge in [0.05, 0.1) is 22.3 Å². The monoisotopic (exact) mass is 360 g/mol. The lowest BCUT2D eigenvalue weighted by Crippen LogP contribution is -2.15. The minimum absolute atomic E-state index is 0.0549. The van der Waals surface area contributed by atoms with E-state index in [4.69, 9.17) is 0 Å². The van der Waals surface area contributed by atoms with Crippen molar-refractivity contribution in [1.82, 2.24) is 14.9 Å². The Morgan fingerprint density at radius 2 is 1.96 bits per heavy atom. The molecule has 0 unspecified atom stereocenters. The van der Waals surface area contributed by atoms with E-state index < -0.39 is 0 Å². The van der Waals surface area contributed by atoms with E-state index in [1.54, 1.807) is 23.9 Å². The predicted molar refractivity (Wildman–Crippen MR) is 114 cm³/mol. The van der Waals surface area contributed by atoms with Crippen LogP contribution >= 0.6 is 0 Å². The van der Waals surface area contributed by atoms with Crippen molar-refractivity contribution in [3.05, 3.63) is 89.1 Å². The molecule has 1 aromatic carbocycles. The number of aryl methyl sites for hydroxylation is 1. The van der Waals surface area contributed by atoms with E-state index in [2.05, 4.69) is 22.2 Å². The van der Waals surface area contributed by atoms with Crippen molar-refractivity contribution in [2.75, 3.05) is 12.4 Å². The Balaban J connectivity index is 2.30. The molecule has 0 aliphatic heterocycles. The van der Waals surface area contributed by atoms with Gasteiger partial charge in [-0.1, -0.05) is 36.9 Å². The third kappa shape index (κ3) is 3.72. The Labute approximate surface area is 158 Å². The van der Waals surface area contributed by atoms with Crippen LogP contribution in [-0.2, 0) is 7.05 Å². The van der Waals surface area contributed by atoms with Crippen LogP contribution in [0.1, 0.15) is 12.6 Å². The maximum atomic E-state index is 12.8. The zero-order valence-corrected chi connectivity index (χ0v) is 15.8. The number of nitrogens with one attached hydrogen (secondary N) is 3. The smallest absolute Gasteiger partial charge is 0.261 e. The van der Waals surface area contributed by atoms with Gasteiger partial charge in [0.15, 0.2) is 0 Å². The summed E-state index contributed by atoms with van der Waals surface area (Å²) < 4.78 is 1.59. The van der Waals surface area contributed by atoms with Gasteiger partial charge in [-0.2, -0.15) is 0 Å². The van der Waals surface area contributed by atoms with E-state index >= 15 is 0 Å². The zero-order valence-electron chi connectivity index (χ0n) is 15.8. The highest BCUT2D eigenvalue weighted by Crippen LogP contribution is 2.33. The molecule has 0 aliphatic rings. The third-order valence-corrected chi connectivity index (χ3v) is 4.42. The number of anilines is 2. The highest BCUT2D eigenvalue weighted by Gasteiger charge is 2.17. The molecule has 27 heavy (non-hydrogen) atoms. The Morgan fingerprint density at radius 3 is 2.63 bits per heavy atom. The molecule has 3 aromatic rings. The fourth-order valence-electron chi connectivity index (χ4n) is 2.94. The lowest BCUT2D eigenvalue weighted by Gasteiger charge is -2.10. The maximum Gasteiger partial charge on any atom is 0.261 e. The Morgan fingerprint density at radius 1 is 1.22 bits per heavy atom. The number of H-pyrrole nitrogens is 1. The van der Waals surface area contributed by atoms with Gasteiger partial charge in [-0.25, -0.2) is 0 Å². The standard InChI is InChI=1S/C22H24N4O/c1-5-9-16(14-15(2)23-3)20-21(24-17-10-7-6-8-11-17)19-18(25-20)12-13-26(4)22(19)27/h5-14,23-25H,1H2,2-4H3/b15-14+,16-9+. The highest BCUT2D eigenvalue weighted by molar-refractivity contribution is 6.01. The highest BCUT2D eigenvalue weighted by atomic mass is 16.1. The molecule has 0 spiro atoms. The van der Waals surface area contributed by atoms with Crippen LogP contribution in [0.3, 0.4) is 0 Å². The van der Waals surface area contributed by atoms with Gasteiger partial charge in [-0.05, 0) is 31.2 Å². The van der Waals surface area contributed by atoms with Crippen LogP contribution < -0.4 is 16.2 Å². The average molecular weight is 360 g/mol. The lowest BCUT2D eigenvalue weighted by molar-refractivity contribution is 0.873. The van der Waals surface area contributed by atoms with Crippen molar-refractivity contribution in [2.24, 2.45) is 7.05 Å². The van der Waals surface area contributed by atoms with E-state index in [1.807, 2.05) is 62.5 Å². The maximum absolute atomic E-state index is 12.8. The van der Waals surface area contributed by atoms with Gasteiger partial charge in [-0.15, -0.1) is 0 Å². The van der Waals surface area contributed by atoms with Crippen LogP contribution in [0.15, 0.2) is 77.9 Å². The number of para-hydroxylation sites is 1. The van der Waals surface area contributed by atoms with Crippen molar-refractivity contribution in [3.63, 3.8) is 0 Å². The zero-order chi connectivity index (χ0) is 19.4. The van der Waals surface area contributed by atoms with Gasteiger partial charge in [0.2, 0.25) is 0 Å². The number of fused-ring (bicyclic) bond motifs is 1. The largest absolute Gasteiger partial charge is 0.392 e. The molecule has 0 atom stereocenters. The summed E-state index contributed by atoms with van der Waals surface area (Å²) in [5, 5.41) is 7.19. The van der Waals surface area contributed by atoms with Crippen molar-refractivity contribution >= 4 is 27.9 Å². The molecule has 2 heterocycles. The minimum atomic E-state index is -0.0549. The SMILES string of the molecule is C=C/C=C(\C=C(/C)NC)c1[nH]c2ccn(C)c(=O)c2c1Nc1ccccc1. The molecule has 0 saturated heterocycles. The molecule has 3 rings (SSSR count). The molecule has 0 saturated carbocycles. The second-order valence-corrected chi connectivity index (χ2v) is 6.32. The first-order valence-electron chi connectivity index (χ1n) is 8.77.